The number of carbonyl (C=O) groups excluding carboxylic acids is 2. The number of anilines is 1. The maximum Gasteiger partial charge on any atom is 0.263 e. The Kier molecular flexibility index (Phi) is 7.31. The van der Waals surface area contributed by atoms with Crippen LogP contribution in [-0.2, 0) is 9.59 Å². The summed E-state index contributed by atoms with van der Waals surface area (Å²) in [6.07, 6.45) is 1.71. The largest absolute Gasteiger partial charge is 0.494 e. The van der Waals surface area contributed by atoms with Gasteiger partial charge in [-0.15, -0.1) is 0 Å². The maximum atomic E-state index is 12.2. The number of nitrogens with one attached hydrogen (secondary N) is 2. The summed E-state index contributed by atoms with van der Waals surface area (Å²) in [5.74, 6) is 1.07. The smallest absolute Gasteiger partial charge is 0.263 e. The third-order valence-electron chi connectivity index (χ3n) is 3.94. The van der Waals surface area contributed by atoms with E-state index in [0.717, 1.165) is 11.3 Å². The summed E-state index contributed by atoms with van der Waals surface area (Å²) in [7, 11) is 1.51. The second-order valence-corrected chi connectivity index (χ2v) is 7.78. The van der Waals surface area contributed by atoms with Crippen LogP contribution < -0.4 is 24.8 Å². The molecule has 0 bridgehead atoms. The number of rotatable bonds is 8. The summed E-state index contributed by atoms with van der Waals surface area (Å²) in [5, 5.41) is 5.33. The number of carbonyl (C=O) groups is 2. The second kappa shape index (κ2) is 10.1. The van der Waals surface area contributed by atoms with Crippen LogP contribution in [-0.4, -0.2) is 36.5 Å². The fourth-order valence-electron chi connectivity index (χ4n) is 2.61. The van der Waals surface area contributed by atoms with Crippen molar-refractivity contribution >= 4 is 51.9 Å². The molecule has 2 aromatic carbocycles. The fraction of sp³-hybridized carbons (Fsp3) is 0.190. The molecule has 1 saturated heterocycles. The summed E-state index contributed by atoms with van der Waals surface area (Å²) in [4.78, 5) is 24.5. The Morgan fingerprint density at radius 2 is 1.93 bits per heavy atom. The van der Waals surface area contributed by atoms with Gasteiger partial charge in [0.15, 0.2) is 18.1 Å². The van der Waals surface area contributed by atoms with E-state index < -0.39 is 0 Å². The van der Waals surface area contributed by atoms with Gasteiger partial charge in [-0.3, -0.25) is 9.59 Å². The van der Waals surface area contributed by atoms with Crippen LogP contribution in [0.4, 0.5) is 5.69 Å². The third-order valence-corrected chi connectivity index (χ3v) is 5.10. The molecular weight excluding hydrogens is 424 g/mol. The highest BCUT2D eigenvalue weighted by molar-refractivity contribution is 8.26. The van der Waals surface area contributed by atoms with Gasteiger partial charge in [0.05, 0.1) is 18.6 Å². The summed E-state index contributed by atoms with van der Waals surface area (Å²) in [6.45, 7) is 2.30. The van der Waals surface area contributed by atoms with Crippen LogP contribution in [0, 0.1) is 0 Å². The zero-order valence-electron chi connectivity index (χ0n) is 16.4. The highest BCUT2D eigenvalue weighted by Gasteiger charge is 2.22. The number of hydrogen-bond acceptors (Lipinski definition) is 7. The Balaban J connectivity index is 1.60. The molecule has 0 aliphatic carbocycles. The molecule has 3 rings (SSSR count). The zero-order valence-corrected chi connectivity index (χ0v) is 18.0. The number of benzene rings is 2. The molecular formula is C21H20N2O5S2. The van der Waals surface area contributed by atoms with Crippen molar-refractivity contribution in [2.24, 2.45) is 0 Å². The fourth-order valence-corrected chi connectivity index (χ4v) is 3.65. The lowest BCUT2D eigenvalue weighted by Gasteiger charge is -2.12. The summed E-state index contributed by atoms with van der Waals surface area (Å²) >= 11 is 6.19. The molecule has 0 radical (unpaired) electrons. The van der Waals surface area contributed by atoms with E-state index in [2.05, 4.69) is 10.6 Å². The van der Waals surface area contributed by atoms with E-state index in [1.807, 2.05) is 6.92 Å². The number of hydrogen-bond donors (Lipinski definition) is 2. The van der Waals surface area contributed by atoms with Crippen LogP contribution in [0.15, 0.2) is 47.4 Å². The van der Waals surface area contributed by atoms with Crippen molar-refractivity contribution in [1.82, 2.24) is 5.32 Å². The Labute approximate surface area is 183 Å². The van der Waals surface area contributed by atoms with Crippen LogP contribution >= 0.6 is 24.0 Å². The summed E-state index contributed by atoms with van der Waals surface area (Å²) < 4.78 is 16.8. The molecule has 30 heavy (non-hydrogen) atoms. The van der Waals surface area contributed by atoms with Gasteiger partial charge in [-0.05, 0) is 55.0 Å². The zero-order chi connectivity index (χ0) is 21.5. The van der Waals surface area contributed by atoms with Crippen LogP contribution in [0.5, 0.6) is 17.2 Å². The highest BCUT2D eigenvalue weighted by atomic mass is 32.2. The van der Waals surface area contributed by atoms with Crippen molar-refractivity contribution in [3.63, 3.8) is 0 Å². The van der Waals surface area contributed by atoms with Gasteiger partial charge in [0, 0.05) is 5.69 Å². The number of thioether (sulfide) groups is 1. The minimum Gasteiger partial charge on any atom is -0.494 e. The lowest BCUT2D eigenvalue weighted by molar-refractivity contribution is -0.118. The molecule has 2 amide bonds. The Morgan fingerprint density at radius 3 is 2.57 bits per heavy atom. The second-order valence-electron chi connectivity index (χ2n) is 6.06. The van der Waals surface area contributed by atoms with Crippen LogP contribution in [0.1, 0.15) is 12.5 Å². The topological polar surface area (TPSA) is 85.9 Å². The highest BCUT2D eigenvalue weighted by Crippen LogP contribution is 2.31. The SMILES string of the molecule is CCOc1ccc(NC(=O)COc2ccc(/C=C3\SC(=S)NC3=O)cc2OC)cc1. The van der Waals surface area contributed by atoms with Crippen molar-refractivity contribution in [1.29, 1.82) is 0 Å². The molecule has 0 aromatic heterocycles. The Hall–Kier alpha value is -3.04. The van der Waals surface area contributed by atoms with E-state index in [9.17, 15) is 9.59 Å². The number of thiocarbonyl (C=S) groups is 1. The first-order valence-corrected chi connectivity index (χ1v) is 10.3. The molecule has 0 unspecified atom stereocenters. The average Bonchev–Trinajstić information content (AvgIpc) is 3.05. The quantitative estimate of drug-likeness (QED) is 0.475. The first kappa shape index (κ1) is 21.7. The molecule has 1 heterocycles. The van der Waals surface area contributed by atoms with Crippen molar-refractivity contribution in [2.75, 3.05) is 25.6 Å². The van der Waals surface area contributed by atoms with Gasteiger partial charge in [0.2, 0.25) is 0 Å². The van der Waals surface area contributed by atoms with E-state index in [1.165, 1.54) is 18.9 Å². The molecule has 1 fully saturated rings. The molecule has 0 spiro atoms. The molecule has 1 aliphatic rings. The standard InChI is InChI=1S/C21H20N2O5S2/c1-3-27-15-7-5-14(6-8-15)22-19(24)12-28-16-9-4-13(10-17(16)26-2)11-18-20(25)23-21(29)30-18/h4-11H,3,12H2,1-2H3,(H,22,24)(H,23,25,29)/b18-11-. The molecule has 7 nitrogen and oxygen atoms in total. The van der Waals surface area contributed by atoms with Gasteiger partial charge in [0.1, 0.15) is 10.1 Å². The van der Waals surface area contributed by atoms with Crippen LogP contribution in [0.25, 0.3) is 6.08 Å². The molecule has 2 N–H and O–H groups in total. The lowest BCUT2D eigenvalue weighted by atomic mass is 10.2. The Morgan fingerprint density at radius 1 is 1.17 bits per heavy atom. The minimum atomic E-state index is -0.306. The van der Waals surface area contributed by atoms with E-state index in [0.29, 0.717) is 33.0 Å². The first-order valence-electron chi connectivity index (χ1n) is 9.07. The van der Waals surface area contributed by atoms with Crippen molar-refractivity contribution < 1.29 is 23.8 Å². The lowest BCUT2D eigenvalue weighted by Crippen LogP contribution is -2.20. The van der Waals surface area contributed by atoms with Crippen LogP contribution in [0.3, 0.4) is 0 Å². The van der Waals surface area contributed by atoms with E-state index in [1.54, 1.807) is 48.5 Å². The van der Waals surface area contributed by atoms with E-state index in [-0.39, 0.29) is 18.4 Å². The van der Waals surface area contributed by atoms with E-state index >= 15 is 0 Å². The number of ether oxygens (including phenoxy) is 3. The number of amides is 2. The monoisotopic (exact) mass is 444 g/mol. The molecule has 0 atom stereocenters. The molecule has 2 aromatic rings. The number of methoxy groups -OCH3 is 1. The van der Waals surface area contributed by atoms with Crippen molar-refractivity contribution in [2.45, 2.75) is 6.92 Å². The predicted octanol–water partition coefficient (Wildman–Crippen LogP) is 3.60. The van der Waals surface area contributed by atoms with Gasteiger partial charge < -0.3 is 24.8 Å². The Bertz CT molecular complexity index is 989. The van der Waals surface area contributed by atoms with Gasteiger partial charge >= 0.3 is 0 Å². The molecule has 156 valence electrons. The maximum absolute atomic E-state index is 12.2. The van der Waals surface area contributed by atoms with Crippen LogP contribution in [0.2, 0.25) is 0 Å². The van der Waals surface area contributed by atoms with Gasteiger partial charge in [0.25, 0.3) is 11.8 Å². The molecule has 9 heteroatoms. The minimum absolute atomic E-state index is 0.184. The summed E-state index contributed by atoms with van der Waals surface area (Å²) in [6, 6.07) is 12.3. The predicted molar refractivity (Wildman–Crippen MR) is 121 cm³/mol. The van der Waals surface area contributed by atoms with Crippen molar-refractivity contribution in [3.8, 4) is 17.2 Å². The average molecular weight is 445 g/mol. The van der Waals surface area contributed by atoms with Crippen molar-refractivity contribution in [3.05, 3.63) is 52.9 Å². The first-order chi connectivity index (χ1) is 14.5. The van der Waals surface area contributed by atoms with Gasteiger partial charge in [-0.1, -0.05) is 30.0 Å². The van der Waals surface area contributed by atoms with Gasteiger partial charge in [-0.25, -0.2) is 0 Å². The molecule has 0 saturated carbocycles. The van der Waals surface area contributed by atoms with Gasteiger partial charge in [-0.2, -0.15) is 0 Å². The summed E-state index contributed by atoms with van der Waals surface area (Å²) in [5.41, 5.74) is 1.40. The van der Waals surface area contributed by atoms with E-state index in [4.69, 9.17) is 26.4 Å². The normalized spacial score (nSPS) is 14.4. The third kappa shape index (κ3) is 5.74. The molecule has 1 aliphatic heterocycles.